The summed E-state index contributed by atoms with van der Waals surface area (Å²) in [4.78, 5) is 32.5. The van der Waals surface area contributed by atoms with Crippen molar-refractivity contribution in [3.8, 4) is 0 Å². The van der Waals surface area contributed by atoms with Gasteiger partial charge in [-0.25, -0.2) is 9.78 Å². The van der Waals surface area contributed by atoms with Gasteiger partial charge in [0.1, 0.15) is 0 Å². The average molecular weight is 275 g/mol. The number of likely N-dealkylation sites (tertiary alicyclic amines) is 1. The van der Waals surface area contributed by atoms with Gasteiger partial charge in [0.15, 0.2) is 5.65 Å². The molecule has 1 aliphatic rings. The lowest BCUT2D eigenvalue weighted by Gasteiger charge is -2.32. The number of amides is 1. The fourth-order valence-corrected chi connectivity index (χ4v) is 2.80. The molecular formula is C13H17N5O2. The fraction of sp³-hybridized carbons (Fsp3) is 0.462. The van der Waals surface area contributed by atoms with Crippen molar-refractivity contribution in [2.75, 3.05) is 19.6 Å². The van der Waals surface area contributed by atoms with Gasteiger partial charge < -0.3 is 15.6 Å². The molecular weight excluding hydrogens is 258 g/mol. The number of carbonyl (C=O) groups is 1. The van der Waals surface area contributed by atoms with Crippen LogP contribution in [0.15, 0.2) is 23.1 Å². The molecule has 7 heteroatoms. The number of nitrogens with two attached hydrogens (primary N) is 1. The van der Waals surface area contributed by atoms with Gasteiger partial charge in [-0.1, -0.05) is 0 Å². The van der Waals surface area contributed by atoms with Gasteiger partial charge in [0.2, 0.25) is 5.91 Å². The molecule has 0 unspecified atom stereocenters. The molecule has 0 atom stereocenters. The highest BCUT2D eigenvalue weighted by Gasteiger charge is 2.25. The number of nitrogens with one attached hydrogen (secondary N) is 1. The van der Waals surface area contributed by atoms with Crippen LogP contribution < -0.4 is 11.4 Å². The lowest BCUT2D eigenvalue weighted by atomic mass is 10.0. The largest absolute Gasteiger partial charge is 0.341 e. The van der Waals surface area contributed by atoms with E-state index in [4.69, 9.17) is 5.73 Å². The van der Waals surface area contributed by atoms with Crippen LogP contribution in [-0.2, 0) is 4.79 Å². The normalized spacial score (nSPS) is 16.8. The summed E-state index contributed by atoms with van der Waals surface area (Å²) in [6, 6.07) is 3.71. The van der Waals surface area contributed by atoms with Crippen molar-refractivity contribution in [1.29, 1.82) is 0 Å². The number of aromatic nitrogens is 3. The van der Waals surface area contributed by atoms with Crippen LogP contribution in [0, 0.1) is 0 Å². The number of imidazole rings is 1. The number of hydrogen-bond donors (Lipinski definition) is 2. The third-order valence-corrected chi connectivity index (χ3v) is 3.83. The maximum atomic E-state index is 12.1. The average Bonchev–Trinajstić information content (AvgIpc) is 2.82. The van der Waals surface area contributed by atoms with Crippen LogP contribution in [0.2, 0.25) is 0 Å². The highest BCUT2D eigenvalue weighted by atomic mass is 16.2. The SMILES string of the molecule is NCC(=O)N1CCC(n2c(=O)[nH]c3cccnc32)CC1. The van der Waals surface area contributed by atoms with Crippen LogP contribution in [0.4, 0.5) is 0 Å². The summed E-state index contributed by atoms with van der Waals surface area (Å²) in [5.41, 5.74) is 6.66. The molecule has 1 fully saturated rings. The van der Waals surface area contributed by atoms with Crippen molar-refractivity contribution in [3.05, 3.63) is 28.8 Å². The second-order valence-corrected chi connectivity index (χ2v) is 4.99. The van der Waals surface area contributed by atoms with Gasteiger partial charge in [0.05, 0.1) is 12.1 Å². The quantitative estimate of drug-likeness (QED) is 0.796. The third-order valence-electron chi connectivity index (χ3n) is 3.83. The van der Waals surface area contributed by atoms with E-state index in [2.05, 4.69) is 9.97 Å². The highest BCUT2D eigenvalue weighted by molar-refractivity contribution is 5.78. The molecule has 1 amide bonds. The summed E-state index contributed by atoms with van der Waals surface area (Å²) < 4.78 is 1.71. The molecule has 3 N–H and O–H groups in total. The molecule has 0 spiro atoms. The first kappa shape index (κ1) is 12.9. The summed E-state index contributed by atoms with van der Waals surface area (Å²) in [6.45, 7) is 1.30. The van der Waals surface area contributed by atoms with Gasteiger partial charge in [-0.3, -0.25) is 9.36 Å². The first-order chi connectivity index (χ1) is 9.70. The Morgan fingerprint density at radius 2 is 2.20 bits per heavy atom. The van der Waals surface area contributed by atoms with E-state index < -0.39 is 0 Å². The van der Waals surface area contributed by atoms with E-state index in [-0.39, 0.29) is 24.2 Å². The van der Waals surface area contributed by atoms with E-state index >= 15 is 0 Å². The minimum absolute atomic E-state index is 0.0344. The smallest absolute Gasteiger partial charge is 0.327 e. The summed E-state index contributed by atoms with van der Waals surface area (Å²) in [7, 11) is 0. The second-order valence-electron chi connectivity index (χ2n) is 4.99. The van der Waals surface area contributed by atoms with Crippen LogP contribution in [-0.4, -0.2) is 45.0 Å². The van der Waals surface area contributed by atoms with Crippen molar-refractivity contribution >= 4 is 17.1 Å². The van der Waals surface area contributed by atoms with E-state index in [1.54, 1.807) is 21.7 Å². The van der Waals surface area contributed by atoms with Crippen molar-refractivity contribution in [2.45, 2.75) is 18.9 Å². The standard InChI is InChI=1S/C13H17N5O2/c14-8-11(19)17-6-3-9(4-7-17)18-12-10(16-13(18)20)2-1-5-15-12/h1-2,5,9H,3-4,6-8,14H2,(H,16,20). The Balaban J connectivity index is 1.85. The van der Waals surface area contributed by atoms with E-state index in [0.717, 1.165) is 18.4 Å². The molecule has 0 aromatic carbocycles. The molecule has 3 rings (SSSR count). The number of carbonyl (C=O) groups excluding carboxylic acids is 1. The monoisotopic (exact) mass is 275 g/mol. The van der Waals surface area contributed by atoms with Crippen LogP contribution in [0.3, 0.4) is 0 Å². The molecule has 1 saturated heterocycles. The summed E-state index contributed by atoms with van der Waals surface area (Å²) in [5, 5.41) is 0. The summed E-state index contributed by atoms with van der Waals surface area (Å²) in [6.07, 6.45) is 3.17. The van der Waals surface area contributed by atoms with E-state index in [1.165, 1.54) is 0 Å². The Hall–Kier alpha value is -2.15. The molecule has 0 radical (unpaired) electrons. The zero-order chi connectivity index (χ0) is 14.1. The first-order valence-electron chi connectivity index (χ1n) is 6.74. The Morgan fingerprint density at radius 3 is 2.90 bits per heavy atom. The van der Waals surface area contributed by atoms with Crippen LogP contribution >= 0.6 is 0 Å². The van der Waals surface area contributed by atoms with Gasteiger partial charge in [0.25, 0.3) is 0 Å². The van der Waals surface area contributed by atoms with E-state index in [0.29, 0.717) is 18.7 Å². The molecule has 2 aromatic rings. The number of aromatic amines is 1. The van der Waals surface area contributed by atoms with Crippen molar-refractivity contribution in [3.63, 3.8) is 0 Å². The molecule has 106 valence electrons. The number of nitrogens with zero attached hydrogens (tertiary/aromatic N) is 3. The van der Waals surface area contributed by atoms with Crippen molar-refractivity contribution < 1.29 is 4.79 Å². The summed E-state index contributed by atoms with van der Waals surface area (Å²) >= 11 is 0. The van der Waals surface area contributed by atoms with Gasteiger partial charge in [0, 0.05) is 25.3 Å². The number of rotatable bonds is 2. The molecule has 0 aliphatic carbocycles. The van der Waals surface area contributed by atoms with Gasteiger partial charge >= 0.3 is 5.69 Å². The molecule has 0 bridgehead atoms. The number of hydrogen-bond acceptors (Lipinski definition) is 4. The van der Waals surface area contributed by atoms with Gasteiger partial charge in [-0.2, -0.15) is 0 Å². The maximum Gasteiger partial charge on any atom is 0.327 e. The Bertz CT molecular complexity index is 681. The topological polar surface area (TPSA) is 97.0 Å². The lowest BCUT2D eigenvalue weighted by molar-refractivity contribution is -0.130. The Labute approximate surface area is 115 Å². The molecule has 20 heavy (non-hydrogen) atoms. The lowest BCUT2D eigenvalue weighted by Crippen LogP contribution is -2.43. The van der Waals surface area contributed by atoms with Crippen molar-refractivity contribution in [1.82, 2.24) is 19.4 Å². The fourth-order valence-electron chi connectivity index (χ4n) is 2.80. The minimum atomic E-state index is -0.137. The van der Waals surface area contributed by atoms with Crippen LogP contribution in [0.25, 0.3) is 11.2 Å². The van der Waals surface area contributed by atoms with E-state index in [1.807, 2.05) is 6.07 Å². The highest BCUT2D eigenvalue weighted by Crippen LogP contribution is 2.23. The van der Waals surface area contributed by atoms with Gasteiger partial charge in [-0.15, -0.1) is 0 Å². The molecule has 7 nitrogen and oxygen atoms in total. The second kappa shape index (κ2) is 5.09. The Kier molecular flexibility index (Phi) is 3.27. The predicted octanol–water partition coefficient (Wildman–Crippen LogP) is -0.153. The maximum absolute atomic E-state index is 12.1. The number of piperidine rings is 1. The molecule has 3 heterocycles. The zero-order valence-electron chi connectivity index (χ0n) is 11.1. The third kappa shape index (κ3) is 2.09. The van der Waals surface area contributed by atoms with Crippen LogP contribution in [0.5, 0.6) is 0 Å². The molecule has 2 aromatic heterocycles. The number of H-pyrrole nitrogens is 1. The van der Waals surface area contributed by atoms with Crippen molar-refractivity contribution in [2.24, 2.45) is 5.73 Å². The predicted molar refractivity (Wildman–Crippen MR) is 74.3 cm³/mol. The first-order valence-corrected chi connectivity index (χ1v) is 6.74. The molecule has 0 saturated carbocycles. The van der Waals surface area contributed by atoms with Crippen LogP contribution in [0.1, 0.15) is 18.9 Å². The van der Waals surface area contributed by atoms with Gasteiger partial charge in [-0.05, 0) is 25.0 Å². The summed E-state index contributed by atoms with van der Waals surface area (Å²) in [5.74, 6) is -0.0344. The molecule has 1 aliphatic heterocycles. The Morgan fingerprint density at radius 1 is 1.45 bits per heavy atom. The zero-order valence-corrected chi connectivity index (χ0v) is 11.1. The number of fused-ring (bicyclic) bond motifs is 1. The minimum Gasteiger partial charge on any atom is -0.341 e. The van der Waals surface area contributed by atoms with E-state index in [9.17, 15) is 9.59 Å². The number of pyridine rings is 1.